The van der Waals surface area contributed by atoms with Crippen LogP contribution in [0.4, 0.5) is 4.79 Å². The smallest absolute Gasteiger partial charge is 0.328 e. The van der Waals surface area contributed by atoms with E-state index in [1.54, 1.807) is 0 Å². The Morgan fingerprint density at radius 2 is 1.80 bits per heavy atom. The van der Waals surface area contributed by atoms with Gasteiger partial charge in [-0.1, -0.05) is 41.4 Å². The molecule has 2 heterocycles. The van der Waals surface area contributed by atoms with Crippen molar-refractivity contribution in [2.45, 2.75) is 13.3 Å². The summed E-state index contributed by atoms with van der Waals surface area (Å²) in [5, 5.41) is 2.54. The van der Waals surface area contributed by atoms with E-state index in [-0.39, 0.29) is 6.54 Å². The number of hydrogen-bond donors (Lipinski definition) is 2. The summed E-state index contributed by atoms with van der Waals surface area (Å²) in [6.45, 7) is 2.30. The second-order valence-electron chi connectivity index (χ2n) is 7.06. The van der Waals surface area contributed by atoms with Gasteiger partial charge in [0.2, 0.25) is 0 Å². The van der Waals surface area contributed by atoms with Crippen LogP contribution >= 0.6 is 11.6 Å². The van der Waals surface area contributed by atoms with Crippen LogP contribution in [0.3, 0.4) is 0 Å². The van der Waals surface area contributed by atoms with Gasteiger partial charge < -0.3 is 10.3 Å². The van der Waals surface area contributed by atoms with Gasteiger partial charge in [-0.2, -0.15) is 0 Å². The SMILES string of the molecule is Cc1ccc(-n2cc(-c3ccc(Cl)cc3)c3c(CCN(N)C(N)=O)ncnc32)cc1. The molecule has 0 unspecified atom stereocenters. The molecule has 0 bridgehead atoms. The van der Waals surface area contributed by atoms with Crippen LogP contribution in [0.5, 0.6) is 0 Å². The standard InChI is InChI=1S/C22H21ClN6O/c1-14-2-8-17(9-3-14)28-12-18(15-4-6-16(23)7-5-15)20-19(26-13-27-21(20)28)10-11-29(25)22(24)30/h2-9,12-13H,10-11,25H2,1H3,(H2,24,30). The summed E-state index contributed by atoms with van der Waals surface area (Å²) < 4.78 is 2.04. The molecule has 4 N–H and O–H groups in total. The van der Waals surface area contributed by atoms with Crippen molar-refractivity contribution in [3.8, 4) is 16.8 Å². The molecule has 30 heavy (non-hydrogen) atoms. The molecule has 0 spiro atoms. The molecule has 2 amide bonds. The molecular weight excluding hydrogens is 400 g/mol. The van der Waals surface area contributed by atoms with Gasteiger partial charge in [0.05, 0.1) is 5.69 Å². The first-order valence-electron chi connectivity index (χ1n) is 9.43. The number of aromatic nitrogens is 3. The van der Waals surface area contributed by atoms with E-state index in [0.717, 1.165) is 38.6 Å². The van der Waals surface area contributed by atoms with Crippen molar-refractivity contribution in [2.24, 2.45) is 11.6 Å². The number of carbonyl (C=O) groups excluding carboxylic acids is 1. The lowest BCUT2D eigenvalue weighted by Gasteiger charge is -2.13. The fourth-order valence-corrected chi connectivity index (χ4v) is 3.53. The molecule has 0 saturated carbocycles. The van der Waals surface area contributed by atoms with Crippen LogP contribution in [0.25, 0.3) is 27.8 Å². The van der Waals surface area contributed by atoms with Gasteiger partial charge in [0.15, 0.2) is 0 Å². The lowest BCUT2D eigenvalue weighted by Crippen LogP contribution is -2.42. The van der Waals surface area contributed by atoms with Crippen LogP contribution in [0.2, 0.25) is 5.02 Å². The fraction of sp³-hybridized carbons (Fsp3) is 0.136. The van der Waals surface area contributed by atoms with Crippen LogP contribution in [0.15, 0.2) is 61.1 Å². The molecule has 0 aliphatic rings. The zero-order valence-corrected chi connectivity index (χ0v) is 17.2. The molecule has 0 fully saturated rings. The van der Waals surface area contributed by atoms with Gasteiger partial charge in [0.1, 0.15) is 12.0 Å². The minimum Gasteiger partial charge on any atom is -0.350 e. The highest BCUT2D eigenvalue weighted by molar-refractivity contribution is 6.30. The number of hydrazine groups is 1. The first kappa shape index (κ1) is 19.9. The number of primary amides is 1. The first-order valence-corrected chi connectivity index (χ1v) is 9.81. The van der Waals surface area contributed by atoms with Crippen molar-refractivity contribution in [1.82, 2.24) is 19.5 Å². The molecule has 2 aromatic carbocycles. The summed E-state index contributed by atoms with van der Waals surface area (Å²) in [6.07, 6.45) is 4.02. The highest BCUT2D eigenvalue weighted by Crippen LogP contribution is 2.34. The molecular formula is C22H21ClN6O. The maximum absolute atomic E-state index is 11.3. The molecule has 4 rings (SSSR count). The maximum atomic E-state index is 11.3. The van der Waals surface area contributed by atoms with Crippen LogP contribution in [-0.4, -0.2) is 32.1 Å². The van der Waals surface area contributed by atoms with Gasteiger partial charge in [-0.05, 0) is 36.8 Å². The summed E-state index contributed by atoms with van der Waals surface area (Å²) in [5.74, 6) is 5.68. The zero-order chi connectivity index (χ0) is 21.3. The zero-order valence-electron chi connectivity index (χ0n) is 16.4. The van der Waals surface area contributed by atoms with E-state index in [0.29, 0.717) is 11.4 Å². The predicted octanol–water partition coefficient (Wildman–Crippen LogP) is 3.85. The van der Waals surface area contributed by atoms with Gasteiger partial charge in [0, 0.05) is 40.8 Å². The fourth-order valence-electron chi connectivity index (χ4n) is 3.40. The van der Waals surface area contributed by atoms with Gasteiger partial charge >= 0.3 is 6.03 Å². The second-order valence-corrected chi connectivity index (χ2v) is 7.49. The lowest BCUT2D eigenvalue weighted by atomic mass is 10.0. The maximum Gasteiger partial charge on any atom is 0.328 e. The molecule has 2 aromatic heterocycles. The number of nitrogens with two attached hydrogens (primary N) is 2. The number of carbonyl (C=O) groups is 1. The Hall–Kier alpha value is -3.42. The van der Waals surface area contributed by atoms with E-state index < -0.39 is 6.03 Å². The van der Waals surface area contributed by atoms with Crippen LogP contribution in [-0.2, 0) is 6.42 Å². The molecule has 0 aliphatic heterocycles. The molecule has 152 valence electrons. The number of aryl methyl sites for hydroxylation is 1. The number of amides is 2. The third kappa shape index (κ3) is 3.85. The third-order valence-corrected chi connectivity index (χ3v) is 5.25. The molecule has 0 saturated heterocycles. The molecule has 8 heteroatoms. The highest BCUT2D eigenvalue weighted by atomic mass is 35.5. The summed E-state index contributed by atoms with van der Waals surface area (Å²) >= 11 is 6.09. The Bertz CT molecular complexity index is 1200. The molecule has 0 aliphatic carbocycles. The third-order valence-electron chi connectivity index (χ3n) is 5.00. The van der Waals surface area contributed by atoms with Crippen LogP contribution < -0.4 is 11.6 Å². The van der Waals surface area contributed by atoms with Crippen molar-refractivity contribution in [2.75, 3.05) is 6.54 Å². The Kier molecular flexibility index (Phi) is 5.39. The van der Waals surface area contributed by atoms with Crippen molar-refractivity contribution >= 4 is 28.7 Å². The summed E-state index contributed by atoms with van der Waals surface area (Å²) in [7, 11) is 0. The minimum atomic E-state index is -0.685. The monoisotopic (exact) mass is 420 g/mol. The summed E-state index contributed by atoms with van der Waals surface area (Å²) in [6, 6.07) is 15.2. The number of hydrogen-bond acceptors (Lipinski definition) is 4. The van der Waals surface area contributed by atoms with Crippen molar-refractivity contribution < 1.29 is 4.79 Å². The minimum absolute atomic E-state index is 0.247. The topological polar surface area (TPSA) is 103 Å². The van der Waals surface area contributed by atoms with Gasteiger partial charge in [-0.3, -0.25) is 5.01 Å². The number of benzene rings is 2. The van der Waals surface area contributed by atoms with Gasteiger partial charge in [-0.25, -0.2) is 20.6 Å². The van der Waals surface area contributed by atoms with Crippen molar-refractivity contribution in [1.29, 1.82) is 0 Å². The number of fused-ring (bicyclic) bond motifs is 1. The average Bonchev–Trinajstić information content (AvgIpc) is 3.13. The Morgan fingerprint density at radius 1 is 1.10 bits per heavy atom. The predicted molar refractivity (Wildman–Crippen MR) is 118 cm³/mol. The normalized spacial score (nSPS) is 11.0. The van der Waals surface area contributed by atoms with Gasteiger partial charge in [0.25, 0.3) is 0 Å². The van der Waals surface area contributed by atoms with E-state index >= 15 is 0 Å². The molecule has 0 atom stereocenters. The molecule has 7 nitrogen and oxygen atoms in total. The second kappa shape index (κ2) is 8.14. The Morgan fingerprint density at radius 3 is 2.47 bits per heavy atom. The van der Waals surface area contributed by atoms with Crippen LogP contribution in [0, 0.1) is 6.92 Å². The number of urea groups is 1. The number of halogens is 1. The lowest BCUT2D eigenvalue weighted by molar-refractivity contribution is 0.209. The van der Waals surface area contributed by atoms with Gasteiger partial charge in [-0.15, -0.1) is 0 Å². The van der Waals surface area contributed by atoms with Crippen LogP contribution in [0.1, 0.15) is 11.3 Å². The highest BCUT2D eigenvalue weighted by Gasteiger charge is 2.18. The van der Waals surface area contributed by atoms with E-state index in [9.17, 15) is 4.79 Å². The summed E-state index contributed by atoms with van der Waals surface area (Å²) in [4.78, 5) is 20.3. The van der Waals surface area contributed by atoms with Crippen molar-refractivity contribution in [3.05, 3.63) is 77.3 Å². The molecule has 0 radical (unpaired) electrons. The van der Waals surface area contributed by atoms with Crippen molar-refractivity contribution in [3.63, 3.8) is 0 Å². The van der Waals surface area contributed by atoms with E-state index in [1.165, 1.54) is 11.9 Å². The molecule has 4 aromatic rings. The largest absolute Gasteiger partial charge is 0.350 e. The Balaban J connectivity index is 1.89. The Labute approximate surface area is 178 Å². The van der Waals surface area contributed by atoms with E-state index in [4.69, 9.17) is 23.2 Å². The van der Waals surface area contributed by atoms with E-state index in [1.807, 2.05) is 42.0 Å². The number of rotatable bonds is 5. The summed E-state index contributed by atoms with van der Waals surface area (Å²) in [5.41, 5.74) is 10.9. The quantitative estimate of drug-likeness (QED) is 0.291. The average molecular weight is 421 g/mol. The first-order chi connectivity index (χ1) is 14.4. The van der Waals surface area contributed by atoms with E-state index in [2.05, 4.69) is 34.2 Å². The number of nitrogens with zero attached hydrogens (tertiary/aromatic N) is 4.